The topological polar surface area (TPSA) is 114 Å². The molecule has 3 saturated carbocycles. The van der Waals surface area contributed by atoms with Crippen LogP contribution in [0.4, 0.5) is 0 Å². The van der Waals surface area contributed by atoms with E-state index in [1.807, 2.05) is 6.92 Å². The van der Waals surface area contributed by atoms with Gasteiger partial charge in [-0.15, -0.1) is 0 Å². The molecule has 0 radical (unpaired) electrons. The predicted octanol–water partition coefficient (Wildman–Crippen LogP) is 2.54. The Kier molecular flexibility index (Phi) is 4.94. The van der Waals surface area contributed by atoms with Gasteiger partial charge in [0, 0.05) is 35.0 Å². The first kappa shape index (κ1) is 20.3. The second-order valence-corrected chi connectivity index (χ2v) is 9.17. The van der Waals surface area contributed by atoms with Crippen LogP contribution in [-0.4, -0.2) is 39.6 Å². The number of aliphatic hydroxyl groups excluding tert-OH is 1. The predicted molar refractivity (Wildman–Crippen MR) is 111 cm³/mol. The Morgan fingerprint density at radius 2 is 2.13 bits per heavy atom. The number of hydrogen-bond acceptors (Lipinski definition) is 6. The van der Waals surface area contributed by atoms with E-state index in [9.17, 15) is 14.7 Å². The van der Waals surface area contributed by atoms with Crippen LogP contribution in [0.25, 0.3) is 0 Å². The molecule has 2 heterocycles. The maximum atomic E-state index is 12.8. The minimum atomic E-state index is -0.809. The smallest absolute Gasteiger partial charge is 0.289 e. The van der Waals surface area contributed by atoms with Gasteiger partial charge in [0.2, 0.25) is 5.76 Å². The van der Waals surface area contributed by atoms with E-state index < -0.39 is 12.2 Å². The van der Waals surface area contributed by atoms with Gasteiger partial charge < -0.3 is 24.9 Å². The van der Waals surface area contributed by atoms with Gasteiger partial charge >= 0.3 is 0 Å². The zero-order chi connectivity index (χ0) is 21.8. The molecule has 1 aliphatic heterocycles. The number of hydrogen-bond donors (Lipinski definition) is 3. The van der Waals surface area contributed by atoms with Gasteiger partial charge in [-0.25, -0.2) is 4.98 Å². The van der Waals surface area contributed by atoms with E-state index in [2.05, 4.69) is 15.6 Å². The van der Waals surface area contributed by atoms with Crippen molar-refractivity contribution in [3.8, 4) is 5.75 Å². The Labute approximate surface area is 184 Å². The monoisotopic (exact) mass is 445 g/mol. The van der Waals surface area contributed by atoms with Crippen LogP contribution < -0.4 is 15.4 Å². The van der Waals surface area contributed by atoms with E-state index in [4.69, 9.17) is 20.8 Å². The Balaban J connectivity index is 1.19. The average Bonchev–Trinajstić information content (AvgIpc) is 3.41. The first-order valence-corrected chi connectivity index (χ1v) is 11.0. The summed E-state index contributed by atoms with van der Waals surface area (Å²) in [6, 6.07) is 4.96. The molecule has 2 bridgehead atoms. The van der Waals surface area contributed by atoms with Crippen LogP contribution in [0, 0.1) is 5.92 Å². The van der Waals surface area contributed by atoms with Crippen molar-refractivity contribution in [2.45, 2.75) is 62.8 Å². The van der Waals surface area contributed by atoms with Crippen molar-refractivity contribution < 1.29 is 23.8 Å². The fourth-order valence-corrected chi connectivity index (χ4v) is 5.22. The SMILES string of the molecule is CCc1ncc(C(=O)NC23CC(C2)[C@@H](NC(=O)[C@H]2C[C@@H](O)c4cc(Cl)ccc4O2)C3)o1. The number of amides is 2. The van der Waals surface area contributed by atoms with Crippen LogP contribution >= 0.6 is 11.6 Å². The number of halogens is 1. The van der Waals surface area contributed by atoms with E-state index in [-0.39, 0.29) is 35.6 Å². The summed E-state index contributed by atoms with van der Waals surface area (Å²) in [7, 11) is 0. The van der Waals surface area contributed by atoms with Gasteiger partial charge in [0.05, 0.1) is 12.3 Å². The second-order valence-electron chi connectivity index (χ2n) is 8.73. The number of nitrogens with zero attached hydrogens (tertiary/aromatic N) is 1. The van der Waals surface area contributed by atoms with Crippen LogP contribution in [0.3, 0.4) is 0 Å². The highest BCUT2D eigenvalue weighted by molar-refractivity contribution is 6.30. The third-order valence-corrected chi connectivity index (χ3v) is 6.84. The lowest BCUT2D eigenvalue weighted by Gasteiger charge is -2.38. The first-order valence-electron chi connectivity index (χ1n) is 10.6. The van der Waals surface area contributed by atoms with Crippen molar-refractivity contribution in [1.82, 2.24) is 15.6 Å². The minimum absolute atomic E-state index is 0.0407. The quantitative estimate of drug-likeness (QED) is 0.651. The highest BCUT2D eigenvalue weighted by Crippen LogP contribution is 2.52. The molecule has 9 heteroatoms. The fraction of sp³-hybridized carbons (Fsp3) is 0.500. The summed E-state index contributed by atoms with van der Waals surface area (Å²) in [5.41, 5.74) is 0.273. The number of aromatic nitrogens is 1. The lowest BCUT2D eigenvalue weighted by Crippen LogP contribution is -2.51. The van der Waals surface area contributed by atoms with E-state index >= 15 is 0 Å². The van der Waals surface area contributed by atoms with E-state index in [0.717, 1.165) is 12.8 Å². The minimum Gasteiger partial charge on any atom is -0.480 e. The molecule has 0 saturated heterocycles. The van der Waals surface area contributed by atoms with Crippen LogP contribution in [0.2, 0.25) is 5.02 Å². The first-order chi connectivity index (χ1) is 14.9. The van der Waals surface area contributed by atoms with Crippen molar-refractivity contribution in [3.05, 3.63) is 46.6 Å². The van der Waals surface area contributed by atoms with Gasteiger partial charge in [0.15, 0.2) is 12.0 Å². The Morgan fingerprint density at radius 1 is 1.32 bits per heavy atom. The molecular formula is C22H24ClN3O5. The zero-order valence-corrected chi connectivity index (χ0v) is 17.8. The summed E-state index contributed by atoms with van der Waals surface area (Å²) in [4.78, 5) is 29.4. The van der Waals surface area contributed by atoms with Crippen LogP contribution in [0.5, 0.6) is 5.75 Å². The number of aryl methyl sites for hydroxylation is 1. The summed E-state index contributed by atoms with van der Waals surface area (Å²) >= 11 is 5.99. The van der Waals surface area contributed by atoms with E-state index in [1.165, 1.54) is 6.20 Å². The van der Waals surface area contributed by atoms with Crippen molar-refractivity contribution >= 4 is 23.4 Å². The number of fused-ring (bicyclic) bond motifs is 2. The van der Waals surface area contributed by atoms with Crippen molar-refractivity contribution in [2.24, 2.45) is 5.92 Å². The summed E-state index contributed by atoms with van der Waals surface area (Å²) in [5, 5.41) is 17.1. The number of oxazole rings is 1. The van der Waals surface area contributed by atoms with Gasteiger partial charge in [0.1, 0.15) is 5.75 Å². The van der Waals surface area contributed by atoms with Crippen LogP contribution in [0.1, 0.15) is 60.7 Å². The van der Waals surface area contributed by atoms with E-state index in [1.54, 1.807) is 18.2 Å². The maximum absolute atomic E-state index is 12.8. The molecule has 4 aliphatic rings. The van der Waals surface area contributed by atoms with Crippen LogP contribution in [0.15, 0.2) is 28.8 Å². The average molecular weight is 446 g/mol. The molecule has 3 atom stereocenters. The number of ether oxygens (including phenoxy) is 1. The fourth-order valence-electron chi connectivity index (χ4n) is 5.04. The molecule has 8 nitrogen and oxygen atoms in total. The number of nitrogens with one attached hydrogen (secondary N) is 2. The summed E-state index contributed by atoms with van der Waals surface area (Å²) in [5.74, 6) is 1.01. The number of rotatable bonds is 5. The third-order valence-electron chi connectivity index (χ3n) is 6.60. The van der Waals surface area contributed by atoms with Crippen molar-refractivity contribution in [1.29, 1.82) is 0 Å². The zero-order valence-electron chi connectivity index (χ0n) is 17.1. The molecule has 164 valence electrons. The number of aliphatic hydroxyl groups is 1. The number of carbonyl (C=O) groups excluding carboxylic acids is 2. The highest BCUT2D eigenvalue weighted by Gasteiger charge is 2.57. The molecule has 2 aromatic rings. The van der Waals surface area contributed by atoms with Gasteiger partial charge in [-0.2, -0.15) is 0 Å². The molecular weight excluding hydrogens is 422 g/mol. The molecule has 3 N–H and O–H groups in total. The van der Waals surface area contributed by atoms with Gasteiger partial charge in [-0.05, 0) is 43.4 Å². The molecule has 1 aromatic heterocycles. The molecule has 0 unspecified atom stereocenters. The molecule has 6 rings (SSSR count). The van der Waals surface area contributed by atoms with Crippen molar-refractivity contribution in [3.63, 3.8) is 0 Å². The summed E-state index contributed by atoms with van der Waals surface area (Å²) < 4.78 is 11.3. The lowest BCUT2D eigenvalue weighted by atomic mass is 9.76. The van der Waals surface area contributed by atoms with Crippen LogP contribution in [-0.2, 0) is 11.2 Å². The van der Waals surface area contributed by atoms with Gasteiger partial charge in [0.25, 0.3) is 11.8 Å². The number of benzene rings is 1. The Morgan fingerprint density at radius 3 is 2.87 bits per heavy atom. The third kappa shape index (κ3) is 3.68. The molecule has 1 aromatic carbocycles. The van der Waals surface area contributed by atoms with Crippen molar-refractivity contribution in [2.75, 3.05) is 0 Å². The molecule has 3 aliphatic carbocycles. The largest absolute Gasteiger partial charge is 0.480 e. The normalized spacial score (nSPS) is 30.7. The summed E-state index contributed by atoms with van der Waals surface area (Å²) in [6.45, 7) is 1.91. The Hall–Kier alpha value is -2.58. The van der Waals surface area contributed by atoms with E-state index in [0.29, 0.717) is 41.0 Å². The highest BCUT2D eigenvalue weighted by atomic mass is 35.5. The molecule has 2 amide bonds. The molecule has 3 fully saturated rings. The van der Waals surface area contributed by atoms with Gasteiger partial charge in [-0.1, -0.05) is 18.5 Å². The summed E-state index contributed by atoms with van der Waals surface area (Å²) in [6.07, 6.45) is 2.96. The standard InChI is InChI=1S/C22H24ClN3O5/c1-2-19-24-10-18(31-19)21(29)26-22-7-11(8-22)14(9-22)25-20(28)17-6-15(27)13-5-12(23)3-4-16(13)30-17/h3-5,10-11,14-15,17,27H,2,6-9H2,1H3,(H,25,28)(H,26,29)/t11?,14-,15+,17+,22?/m0/s1. The number of carbonyl (C=O) groups is 2. The second kappa shape index (κ2) is 7.53. The molecule has 0 spiro atoms. The lowest BCUT2D eigenvalue weighted by molar-refractivity contribution is -0.131. The Bertz CT molecular complexity index is 1030. The maximum Gasteiger partial charge on any atom is 0.289 e. The van der Waals surface area contributed by atoms with Gasteiger partial charge in [-0.3, -0.25) is 9.59 Å². The molecule has 31 heavy (non-hydrogen) atoms.